The summed E-state index contributed by atoms with van der Waals surface area (Å²) in [6.45, 7) is 13.5. The number of phenols is 1. The van der Waals surface area contributed by atoms with Crippen LogP contribution in [-0.4, -0.2) is 34.9 Å². The number of benzene rings is 1. The molecule has 0 spiro atoms. The monoisotopic (exact) mass is 344 g/mol. The first-order valence-corrected chi connectivity index (χ1v) is 8.59. The second-order valence-corrected chi connectivity index (χ2v) is 8.41. The zero-order valence-electron chi connectivity index (χ0n) is 15.6. The number of hydrogen-bond acceptors (Lipinski definition) is 3. The lowest BCUT2D eigenvalue weighted by atomic mass is 9.75. The van der Waals surface area contributed by atoms with Crippen LogP contribution in [0.5, 0.6) is 5.75 Å². The van der Waals surface area contributed by atoms with Crippen LogP contribution in [0, 0.1) is 10.8 Å². The van der Waals surface area contributed by atoms with Crippen molar-refractivity contribution in [3.05, 3.63) is 36.4 Å². The van der Waals surface area contributed by atoms with Gasteiger partial charge in [0.2, 0.25) is 5.91 Å². The lowest BCUT2D eigenvalue weighted by Gasteiger charge is -2.32. The van der Waals surface area contributed by atoms with Crippen molar-refractivity contribution in [3.8, 4) is 5.75 Å². The largest absolute Gasteiger partial charge is 0.507 e. The molecule has 0 unspecified atom stereocenters. The number of hydrogen-bond donors (Lipinski definition) is 2. The van der Waals surface area contributed by atoms with Gasteiger partial charge in [0.1, 0.15) is 5.75 Å². The molecule has 1 aliphatic rings. The maximum Gasteiger partial charge on any atom is 0.257 e. The predicted octanol–water partition coefficient (Wildman–Crippen LogP) is 3.81. The number of amides is 2. The van der Waals surface area contributed by atoms with Gasteiger partial charge in [-0.25, -0.2) is 0 Å². The molecule has 1 aromatic rings. The first kappa shape index (κ1) is 19.0. The Labute approximate surface area is 149 Å². The predicted molar refractivity (Wildman–Crippen MR) is 99.6 cm³/mol. The van der Waals surface area contributed by atoms with E-state index >= 15 is 0 Å². The van der Waals surface area contributed by atoms with Gasteiger partial charge in [0, 0.05) is 18.8 Å². The summed E-state index contributed by atoms with van der Waals surface area (Å²) in [5.74, 6) is -0.650. The van der Waals surface area contributed by atoms with Gasteiger partial charge < -0.3 is 15.3 Å². The standard InChI is InChI=1S/C20H28N2O3/c1-6-17(24)21-14-7-8-16(23)15(11-14)18(25)22-10-9-19(2,3)12-20(4,5)13-22/h6-8,11,23H,1,9-10,12-13H2,2-5H3,(H,21,24). The van der Waals surface area contributed by atoms with Gasteiger partial charge in [-0.15, -0.1) is 0 Å². The minimum absolute atomic E-state index is 0.0000542. The topological polar surface area (TPSA) is 69.6 Å². The average molecular weight is 344 g/mol. The van der Waals surface area contributed by atoms with E-state index < -0.39 is 0 Å². The zero-order chi connectivity index (χ0) is 18.8. The number of nitrogens with zero attached hydrogens (tertiary/aromatic N) is 1. The quantitative estimate of drug-likeness (QED) is 0.647. The highest BCUT2D eigenvalue weighted by molar-refractivity contribution is 6.02. The molecule has 5 heteroatoms. The van der Waals surface area contributed by atoms with Crippen molar-refractivity contribution in [3.63, 3.8) is 0 Å². The lowest BCUT2D eigenvalue weighted by Crippen LogP contribution is -2.37. The zero-order valence-corrected chi connectivity index (χ0v) is 15.6. The van der Waals surface area contributed by atoms with E-state index in [9.17, 15) is 14.7 Å². The molecule has 5 nitrogen and oxygen atoms in total. The summed E-state index contributed by atoms with van der Waals surface area (Å²) in [5.41, 5.74) is 0.832. The third kappa shape index (κ3) is 4.84. The minimum Gasteiger partial charge on any atom is -0.507 e. The third-order valence-corrected chi connectivity index (χ3v) is 4.60. The van der Waals surface area contributed by atoms with Gasteiger partial charge in [0.05, 0.1) is 5.56 Å². The molecule has 136 valence electrons. The smallest absolute Gasteiger partial charge is 0.257 e. The summed E-state index contributed by atoms with van der Waals surface area (Å²) >= 11 is 0. The number of anilines is 1. The molecule has 1 saturated heterocycles. The summed E-state index contributed by atoms with van der Waals surface area (Å²) in [6.07, 6.45) is 3.11. The highest BCUT2D eigenvalue weighted by atomic mass is 16.3. The second kappa shape index (κ2) is 6.90. The van der Waals surface area contributed by atoms with Crippen LogP contribution in [0.25, 0.3) is 0 Å². The Morgan fingerprint density at radius 2 is 1.92 bits per heavy atom. The molecular weight excluding hydrogens is 316 g/mol. The fourth-order valence-corrected chi connectivity index (χ4v) is 3.80. The SMILES string of the molecule is C=CC(=O)Nc1ccc(O)c(C(=O)N2CCC(C)(C)CC(C)(C)C2)c1. The van der Waals surface area contributed by atoms with E-state index in [0.29, 0.717) is 18.8 Å². The van der Waals surface area contributed by atoms with Crippen LogP contribution < -0.4 is 5.32 Å². The average Bonchev–Trinajstić information content (AvgIpc) is 2.62. The van der Waals surface area contributed by atoms with E-state index in [4.69, 9.17) is 0 Å². The van der Waals surface area contributed by atoms with Gasteiger partial charge >= 0.3 is 0 Å². The summed E-state index contributed by atoms with van der Waals surface area (Å²) in [5, 5.41) is 12.8. The van der Waals surface area contributed by atoms with Crippen molar-refractivity contribution in [2.45, 2.75) is 40.5 Å². The van der Waals surface area contributed by atoms with Crippen molar-refractivity contribution in [2.24, 2.45) is 10.8 Å². The fraction of sp³-hybridized carbons (Fsp3) is 0.500. The Hall–Kier alpha value is -2.30. The third-order valence-electron chi connectivity index (χ3n) is 4.60. The number of phenolic OH excluding ortho intramolecular Hbond substituents is 1. The maximum atomic E-state index is 13.0. The van der Waals surface area contributed by atoms with Crippen LogP contribution in [0.3, 0.4) is 0 Å². The van der Waals surface area contributed by atoms with E-state index in [1.807, 2.05) is 4.90 Å². The van der Waals surface area contributed by atoms with Gasteiger partial charge in [0.15, 0.2) is 0 Å². The molecule has 0 aromatic heterocycles. The number of aromatic hydroxyl groups is 1. The molecule has 1 heterocycles. The van der Waals surface area contributed by atoms with Crippen molar-refractivity contribution in [1.82, 2.24) is 4.90 Å². The Kier molecular flexibility index (Phi) is 5.26. The molecular formula is C20H28N2O3. The van der Waals surface area contributed by atoms with Crippen LogP contribution in [-0.2, 0) is 4.79 Å². The molecule has 1 aromatic carbocycles. The van der Waals surface area contributed by atoms with Crippen molar-refractivity contribution in [2.75, 3.05) is 18.4 Å². The van der Waals surface area contributed by atoms with Crippen LogP contribution in [0.15, 0.2) is 30.9 Å². The van der Waals surface area contributed by atoms with Crippen LogP contribution in [0.2, 0.25) is 0 Å². The fourth-order valence-electron chi connectivity index (χ4n) is 3.80. The normalized spacial score (nSPS) is 19.0. The van der Waals surface area contributed by atoms with E-state index in [1.165, 1.54) is 12.1 Å². The molecule has 0 saturated carbocycles. The first-order chi connectivity index (χ1) is 11.5. The van der Waals surface area contributed by atoms with Gasteiger partial charge in [0.25, 0.3) is 5.91 Å². The Bertz CT molecular complexity index is 692. The van der Waals surface area contributed by atoms with Crippen molar-refractivity contribution < 1.29 is 14.7 Å². The molecule has 2 N–H and O–H groups in total. The van der Waals surface area contributed by atoms with E-state index in [1.54, 1.807) is 6.07 Å². The van der Waals surface area contributed by atoms with Crippen molar-refractivity contribution >= 4 is 17.5 Å². The first-order valence-electron chi connectivity index (χ1n) is 8.59. The lowest BCUT2D eigenvalue weighted by molar-refractivity contribution is -0.111. The number of carbonyl (C=O) groups excluding carboxylic acids is 2. The second-order valence-electron chi connectivity index (χ2n) is 8.41. The Balaban J connectivity index is 2.28. The number of likely N-dealkylation sites (tertiary alicyclic amines) is 1. The molecule has 2 amide bonds. The van der Waals surface area contributed by atoms with E-state index in [-0.39, 0.29) is 34.0 Å². The maximum absolute atomic E-state index is 13.0. The van der Waals surface area contributed by atoms with E-state index in [2.05, 4.69) is 39.6 Å². The van der Waals surface area contributed by atoms with Crippen molar-refractivity contribution in [1.29, 1.82) is 0 Å². The molecule has 2 rings (SSSR count). The Morgan fingerprint density at radius 1 is 1.24 bits per heavy atom. The van der Waals surface area contributed by atoms with E-state index in [0.717, 1.165) is 18.9 Å². The molecule has 0 aliphatic carbocycles. The summed E-state index contributed by atoms with van der Waals surface area (Å²) in [6, 6.07) is 4.50. The molecule has 0 atom stereocenters. The number of rotatable bonds is 3. The minimum atomic E-state index is -0.359. The molecule has 25 heavy (non-hydrogen) atoms. The molecule has 0 radical (unpaired) electrons. The highest BCUT2D eigenvalue weighted by Crippen LogP contribution is 2.40. The van der Waals surface area contributed by atoms with Gasteiger partial charge in [-0.1, -0.05) is 34.3 Å². The highest BCUT2D eigenvalue weighted by Gasteiger charge is 2.36. The molecule has 1 fully saturated rings. The van der Waals surface area contributed by atoms with Crippen LogP contribution >= 0.6 is 0 Å². The van der Waals surface area contributed by atoms with Gasteiger partial charge in [-0.2, -0.15) is 0 Å². The summed E-state index contributed by atoms with van der Waals surface area (Å²) < 4.78 is 0. The molecule has 0 bridgehead atoms. The molecule has 1 aliphatic heterocycles. The Morgan fingerprint density at radius 3 is 2.56 bits per heavy atom. The van der Waals surface area contributed by atoms with Gasteiger partial charge in [-0.3, -0.25) is 9.59 Å². The van der Waals surface area contributed by atoms with Gasteiger partial charge in [-0.05, 0) is 47.9 Å². The summed E-state index contributed by atoms with van der Waals surface area (Å²) in [7, 11) is 0. The van der Waals surface area contributed by atoms with Crippen LogP contribution in [0.1, 0.15) is 50.9 Å². The number of carbonyl (C=O) groups is 2. The number of nitrogens with one attached hydrogen (secondary N) is 1. The van der Waals surface area contributed by atoms with Crippen LogP contribution in [0.4, 0.5) is 5.69 Å². The summed E-state index contributed by atoms with van der Waals surface area (Å²) in [4.78, 5) is 26.3.